The molecule has 1 fully saturated rings. The standard InChI is InChI=1S/C18H16ClFN2O2/c1-10-8-11(19)6-7-15(10)21-17(23)12-9-13(12)18(24)22-16-5-3-2-4-14(16)20/h2-8,12-13H,9H2,1H3,(H,21,23)(H,22,24). The van der Waals surface area contributed by atoms with Gasteiger partial charge in [0.25, 0.3) is 0 Å². The van der Waals surface area contributed by atoms with Crippen LogP contribution < -0.4 is 10.6 Å². The fraction of sp³-hybridized carbons (Fsp3) is 0.222. The molecule has 2 amide bonds. The third-order valence-corrected chi connectivity index (χ3v) is 4.28. The molecule has 24 heavy (non-hydrogen) atoms. The molecule has 2 unspecified atom stereocenters. The molecule has 0 aliphatic heterocycles. The van der Waals surface area contributed by atoms with E-state index in [0.29, 0.717) is 17.1 Å². The highest BCUT2D eigenvalue weighted by Gasteiger charge is 2.48. The van der Waals surface area contributed by atoms with Crippen molar-refractivity contribution < 1.29 is 14.0 Å². The summed E-state index contributed by atoms with van der Waals surface area (Å²) in [4.78, 5) is 24.4. The van der Waals surface area contributed by atoms with E-state index in [-0.39, 0.29) is 17.5 Å². The van der Waals surface area contributed by atoms with Crippen molar-refractivity contribution in [2.45, 2.75) is 13.3 Å². The predicted molar refractivity (Wildman–Crippen MR) is 91.4 cm³/mol. The van der Waals surface area contributed by atoms with E-state index in [2.05, 4.69) is 10.6 Å². The molecule has 2 N–H and O–H groups in total. The quantitative estimate of drug-likeness (QED) is 0.879. The van der Waals surface area contributed by atoms with E-state index in [1.807, 2.05) is 6.92 Å². The molecule has 0 saturated heterocycles. The maximum absolute atomic E-state index is 13.5. The summed E-state index contributed by atoms with van der Waals surface area (Å²) in [6.07, 6.45) is 0.457. The number of rotatable bonds is 4. The average Bonchev–Trinajstić information content (AvgIpc) is 3.33. The molecule has 2 aromatic rings. The second kappa shape index (κ2) is 6.61. The maximum atomic E-state index is 13.5. The molecule has 0 spiro atoms. The number of anilines is 2. The van der Waals surface area contributed by atoms with Gasteiger partial charge in [-0.25, -0.2) is 4.39 Å². The Bertz CT molecular complexity index is 809. The maximum Gasteiger partial charge on any atom is 0.228 e. The molecule has 1 aliphatic rings. The fourth-order valence-electron chi connectivity index (χ4n) is 2.56. The lowest BCUT2D eigenvalue weighted by molar-refractivity contribution is -0.122. The topological polar surface area (TPSA) is 58.2 Å². The minimum absolute atomic E-state index is 0.127. The Balaban J connectivity index is 1.59. The number of hydrogen-bond donors (Lipinski definition) is 2. The molecule has 2 aromatic carbocycles. The lowest BCUT2D eigenvalue weighted by Gasteiger charge is -2.09. The number of nitrogens with one attached hydrogen (secondary N) is 2. The zero-order valence-electron chi connectivity index (χ0n) is 13.0. The van der Waals surface area contributed by atoms with Crippen LogP contribution in [0.5, 0.6) is 0 Å². The van der Waals surface area contributed by atoms with Crippen molar-refractivity contribution in [2.24, 2.45) is 11.8 Å². The Morgan fingerprint density at radius 3 is 2.29 bits per heavy atom. The number of amides is 2. The monoisotopic (exact) mass is 346 g/mol. The minimum Gasteiger partial charge on any atom is -0.326 e. The summed E-state index contributed by atoms with van der Waals surface area (Å²) < 4.78 is 13.5. The Hall–Kier alpha value is -2.40. The first-order valence-corrected chi connectivity index (χ1v) is 7.96. The van der Waals surface area contributed by atoms with Gasteiger partial charge in [-0.3, -0.25) is 9.59 Å². The highest BCUT2D eigenvalue weighted by atomic mass is 35.5. The van der Waals surface area contributed by atoms with Crippen LogP contribution in [0.3, 0.4) is 0 Å². The Labute approximate surface area is 144 Å². The van der Waals surface area contributed by atoms with Crippen LogP contribution in [-0.4, -0.2) is 11.8 Å². The van der Waals surface area contributed by atoms with Crippen molar-refractivity contribution in [3.8, 4) is 0 Å². The third-order valence-electron chi connectivity index (χ3n) is 4.04. The van der Waals surface area contributed by atoms with Crippen molar-refractivity contribution >= 4 is 34.8 Å². The van der Waals surface area contributed by atoms with Gasteiger partial charge >= 0.3 is 0 Å². The summed E-state index contributed by atoms with van der Waals surface area (Å²) >= 11 is 5.89. The van der Waals surface area contributed by atoms with Crippen molar-refractivity contribution in [2.75, 3.05) is 10.6 Å². The van der Waals surface area contributed by atoms with Crippen LogP contribution in [0.15, 0.2) is 42.5 Å². The molecule has 0 aromatic heterocycles. The van der Waals surface area contributed by atoms with Gasteiger partial charge in [-0.05, 0) is 49.2 Å². The van der Waals surface area contributed by atoms with Gasteiger partial charge in [0, 0.05) is 10.7 Å². The first-order valence-electron chi connectivity index (χ1n) is 7.58. The van der Waals surface area contributed by atoms with E-state index in [9.17, 15) is 14.0 Å². The zero-order valence-corrected chi connectivity index (χ0v) is 13.7. The number of para-hydroxylation sites is 1. The van der Waals surface area contributed by atoms with E-state index in [1.165, 1.54) is 12.1 Å². The van der Waals surface area contributed by atoms with Crippen LogP contribution in [0, 0.1) is 24.6 Å². The lowest BCUT2D eigenvalue weighted by Crippen LogP contribution is -2.21. The average molecular weight is 347 g/mol. The molecule has 0 heterocycles. The van der Waals surface area contributed by atoms with Crippen LogP contribution in [0.1, 0.15) is 12.0 Å². The zero-order chi connectivity index (χ0) is 17.3. The van der Waals surface area contributed by atoms with Crippen molar-refractivity contribution in [3.63, 3.8) is 0 Å². The molecule has 0 bridgehead atoms. The van der Waals surface area contributed by atoms with Crippen LogP contribution in [0.4, 0.5) is 15.8 Å². The van der Waals surface area contributed by atoms with Crippen molar-refractivity contribution in [1.29, 1.82) is 0 Å². The molecule has 4 nitrogen and oxygen atoms in total. The summed E-state index contributed by atoms with van der Waals surface area (Å²) in [5, 5.41) is 5.93. The van der Waals surface area contributed by atoms with E-state index in [4.69, 9.17) is 11.6 Å². The van der Waals surface area contributed by atoms with E-state index in [0.717, 1.165) is 5.56 Å². The largest absolute Gasteiger partial charge is 0.326 e. The van der Waals surface area contributed by atoms with Crippen LogP contribution in [0.25, 0.3) is 0 Å². The molecule has 0 radical (unpaired) electrons. The van der Waals surface area contributed by atoms with Gasteiger partial charge in [0.2, 0.25) is 11.8 Å². The molecular formula is C18H16ClFN2O2. The Morgan fingerprint density at radius 2 is 1.67 bits per heavy atom. The van der Waals surface area contributed by atoms with Gasteiger partial charge in [0.05, 0.1) is 17.5 Å². The molecule has 1 saturated carbocycles. The number of carbonyl (C=O) groups is 2. The van der Waals surface area contributed by atoms with Gasteiger partial charge in [0.1, 0.15) is 5.82 Å². The predicted octanol–water partition coefficient (Wildman–Crippen LogP) is 4.00. The normalized spacial score (nSPS) is 18.8. The summed E-state index contributed by atoms with van der Waals surface area (Å²) in [7, 11) is 0. The molecule has 3 rings (SSSR count). The second-order valence-electron chi connectivity index (χ2n) is 5.87. The SMILES string of the molecule is Cc1cc(Cl)ccc1NC(=O)C1CC1C(=O)Nc1ccccc1F. The molecule has 1 aliphatic carbocycles. The van der Waals surface area contributed by atoms with E-state index < -0.39 is 17.7 Å². The number of halogens is 2. The lowest BCUT2D eigenvalue weighted by atomic mass is 10.2. The molecule has 2 atom stereocenters. The number of carbonyl (C=O) groups excluding carboxylic acids is 2. The van der Waals surface area contributed by atoms with Gasteiger partial charge < -0.3 is 10.6 Å². The second-order valence-corrected chi connectivity index (χ2v) is 6.30. The highest BCUT2D eigenvalue weighted by Crippen LogP contribution is 2.40. The summed E-state index contributed by atoms with van der Waals surface area (Å²) in [5.41, 5.74) is 1.65. The van der Waals surface area contributed by atoms with Gasteiger partial charge in [0.15, 0.2) is 0 Å². The third kappa shape index (κ3) is 3.57. The first kappa shape index (κ1) is 16.5. The first-order chi connectivity index (χ1) is 11.5. The molecule has 6 heteroatoms. The van der Waals surface area contributed by atoms with Crippen LogP contribution in [0.2, 0.25) is 5.02 Å². The van der Waals surface area contributed by atoms with Crippen molar-refractivity contribution in [3.05, 3.63) is 58.9 Å². The minimum atomic E-state index is -0.496. The number of hydrogen-bond acceptors (Lipinski definition) is 2. The Morgan fingerprint density at radius 1 is 1.04 bits per heavy atom. The van der Waals surface area contributed by atoms with Crippen LogP contribution >= 0.6 is 11.6 Å². The fourth-order valence-corrected chi connectivity index (χ4v) is 2.78. The van der Waals surface area contributed by atoms with Gasteiger partial charge in [-0.2, -0.15) is 0 Å². The smallest absolute Gasteiger partial charge is 0.228 e. The van der Waals surface area contributed by atoms with E-state index in [1.54, 1.807) is 30.3 Å². The van der Waals surface area contributed by atoms with Crippen molar-refractivity contribution in [1.82, 2.24) is 0 Å². The molecular weight excluding hydrogens is 331 g/mol. The summed E-state index contributed by atoms with van der Waals surface area (Å²) in [6.45, 7) is 1.84. The van der Waals surface area contributed by atoms with Crippen LogP contribution in [-0.2, 0) is 9.59 Å². The van der Waals surface area contributed by atoms with E-state index >= 15 is 0 Å². The van der Waals surface area contributed by atoms with Gasteiger partial charge in [-0.1, -0.05) is 23.7 Å². The van der Waals surface area contributed by atoms with Gasteiger partial charge in [-0.15, -0.1) is 0 Å². The Kier molecular flexibility index (Phi) is 4.53. The summed E-state index contributed by atoms with van der Waals surface area (Å²) in [6, 6.07) is 11.1. The summed E-state index contributed by atoms with van der Waals surface area (Å²) in [5.74, 6) is -1.88. The number of benzene rings is 2. The number of aryl methyl sites for hydroxylation is 1. The molecule has 124 valence electrons. The highest BCUT2D eigenvalue weighted by molar-refractivity contribution is 6.30.